The molecule has 5 heteroatoms. The van der Waals surface area contributed by atoms with Crippen LogP contribution in [0.25, 0.3) is 6.08 Å². The van der Waals surface area contributed by atoms with E-state index >= 15 is 0 Å². The fourth-order valence-electron chi connectivity index (χ4n) is 2.49. The van der Waals surface area contributed by atoms with E-state index in [1.807, 2.05) is 31.2 Å². The van der Waals surface area contributed by atoms with Gasteiger partial charge in [0.15, 0.2) is 0 Å². The van der Waals surface area contributed by atoms with Gasteiger partial charge in [0, 0.05) is 0 Å². The molecule has 0 unspecified atom stereocenters. The summed E-state index contributed by atoms with van der Waals surface area (Å²) in [5.41, 5.74) is 3.11. The molecule has 0 aromatic heterocycles. The molecule has 1 heterocycles. The molecule has 24 heavy (non-hydrogen) atoms. The largest absolute Gasteiger partial charge is 0.293 e. The van der Waals surface area contributed by atoms with Crippen molar-refractivity contribution in [1.82, 2.24) is 4.90 Å². The van der Waals surface area contributed by atoms with Gasteiger partial charge in [-0.3, -0.25) is 14.5 Å². The van der Waals surface area contributed by atoms with Gasteiger partial charge in [-0.2, -0.15) is 5.26 Å². The molecule has 118 valence electrons. The zero-order chi connectivity index (χ0) is 17.1. The van der Waals surface area contributed by atoms with Gasteiger partial charge in [0.2, 0.25) is 0 Å². The number of benzene rings is 2. The molecule has 4 nitrogen and oxygen atoms in total. The fraction of sp³-hybridized carbons (Fsp3) is 0.105. The lowest BCUT2D eigenvalue weighted by Gasteiger charge is -2.13. The van der Waals surface area contributed by atoms with E-state index in [-0.39, 0.29) is 17.7 Å². The number of nitriles is 1. The lowest BCUT2D eigenvalue weighted by atomic mass is 10.1. The average Bonchev–Trinajstić information content (AvgIpc) is 2.83. The van der Waals surface area contributed by atoms with Gasteiger partial charge in [0.25, 0.3) is 11.1 Å². The maximum atomic E-state index is 12.5. The number of rotatable bonds is 3. The van der Waals surface area contributed by atoms with Crippen LogP contribution in [0.4, 0.5) is 4.79 Å². The molecule has 3 rings (SSSR count). The summed E-state index contributed by atoms with van der Waals surface area (Å²) in [5, 5.41) is 8.83. The number of amides is 2. The Labute approximate surface area is 144 Å². The lowest BCUT2D eigenvalue weighted by Crippen LogP contribution is -2.27. The van der Waals surface area contributed by atoms with E-state index in [0.717, 1.165) is 22.9 Å². The van der Waals surface area contributed by atoms with Crippen molar-refractivity contribution in [2.24, 2.45) is 0 Å². The van der Waals surface area contributed by atoms with E-state index in [1.54, 1.807) is 30.3 Å². The van der Waals surface area contributed by atoms with Gasteiger partial charge in [0.05, 0.1) is 23.1 Å². The van der Waals surface area contributed by atoms with Crippen molar-refractivity contribution in [2.45, 2.75) is 13.5 Å². The van der Waals surface area contributed by atoms with Crippen LogP contribution in [-0.2, 0) is 11.3 Å². The van der Waals surface area contributed by atoms with Crippen LogP contribution in [0.3, 0.4) is 0 Å². The highest BCUT2D eigenvalue weighted by molar-refractivity contribution is 8.18. The summed E-state index contributed by atoms with van der Waals surface area (Å²) < 4.78 is 0. The van der Waals surface area contributed by atoms with Crippen LogP contribution in [-0.4, -0.2) is 16.0 Å². The van der Waals surface area contributed by atoms with Crippen molar-refractivity contribution in [2.75, 3.05) is 0 Å². The van der Waals surface area contributed by atoms with Crippen molar-refractivity contribution >= 4 is 29.0 Å². The summed E-state index contributed by atoms with van der Waals surface area (Å²) in [6.07, 6.45) is 1.73. The molecule has 0 bridgehead atoms. The smallest absolute Gasteiger partial charge is 0.268 e. The third-order valence-electron chi connectivity index (χ3n) is 3.68. The summed E-state index contributed by atoms with van der Waals surface area (Å²) in [7, 11) is 0. The topological polar surface area (TPSA) is 61.2 Å². The molecule has 2 amide bonds. The predicted molar refractivity (Wildman–Crippen MR) is 93.9 cm³/mol. The summed E-state index contributed by atoms with van der Waals surface area (Å²) in [5.74, 6) is -0.320. The highest BCUT2D eigenvalue weighted by Gasteiger charge is 2.35. The van der Waals surface area contributed by atoms with Crippen molar-refractivity contribution in [3.63, 3.8) is 0 Å². The van der Waals surface area contributed by atoms with Gasteiger partial charge in [-0.25, -0.2) is 0 Å². The van der Waals surface area contributed by atoms with Gasteiger partial charge in [0.1, 0.15) is 0 Å². The summed E-state index contributed by atoms with van der Waals surface area (Å²) in [6.45, 7) is 2.08. The van der Waals surface area contributed by atoms with Crippen LogP contribution >= 0.6 is 11.8 Å². The molecule has 1 saturated heterocycles. The Morgan fingerprint density at radius 3 is 2.71 bits per heavy atom. The van der Waals surface area contributed by atoms with E-state index in [2.05, 4.69) is 6.07 Å². The number of aryl methyl sites for hydroxylation is 1. The van der Waals surface area contributed by atoms with Gasteiger partial charge in [-0.05, 0) is 42.0 Å². The third-order valence-corrected chi connectivity index (χ3v) is 4.59. The minimum atomic E-state index is -0.320. The molecular formula is C19H14N2O2S. The normalized spacial score (nSPS) is 15.8. The Morgan fingerprint density at radius 1 is 1.17 bits per heavy atom. The minimum Gasteiger partial charge on any atom is -0.268 e. The Kier molecular flexibility index (Phi) is 4.50. The molecular weight excluding hydrogens is 320 g/mol. The van der Waals surface area contributed by atoms with E-state index in [9.17, 15) is 9.59 Å². The number of nitrogens with zero attached hydrogens (tertiary/aromatic N) is 2. The Bertz CT molecular complexity index is 896. The van der Waals surface area contributed by atoms with Crippen LogP contribution in [0, 0.1) is 18.3 Å². The monoisotopic (exact) mass is 334 g/mol. The SMILES string of the molecule is Cc1cccc(/C=C2/SC(=O)N(Cc3ccccc3C#N)C2=O)c1. The van der Waals surface area contributed by atoms with Gasteiger partial charge < -0.3 is 0 Å². The van der Waals surface area contributed by atoms with E-state index < -0.39 is 0 Å². The molecule has 1 fully saturated rings. The van der Waals surface area contributed by atoms with E-state index in [0.29, 0.717) is 16.0 Å². The summed E-state index contributed by atoms with van der Waals surface area (Å²) in [6, 6.07) is 16.8. The Morgan fingerprint density at radius 2 is 1.96 bits per heavy atom. The zero-order valence-corrected chi connectivity index (χ0v) is 13.8. The average molecular weight is 334 g/mol. The zero-order valence-electron chi connectivity index (χ0n) is 13.0. The van der Waals surface area contributed by atoms with Gasteiger partial charge >= 0.3 is 0 Å². The first-order chi connectivity index (χ1) is 11.6. The highest BCUT2D eigenvalue weighted by Crippen LogP contribution is 2.33. The van der Waals surface area contributed by atoms with Crippen LogP contribution in [0.5, 0.6) is 0 Å². The number of hydrogen-bond acceptors (Lipinski definition) is 4. The Balaban J connectivity index is 1.86. The van der Waals surface area contributed by atoms with Crippen LogP contribution in [0.2, 0.25) is 0 Å². The molecule has 2 aromatic rings. The van der Waals surface area contributed by atoms with Crippen molar-refractivity contribution in [3.8, 4) is 6.07 Å². The van der Waals surface area contributed by atoms with Gasteiger partial charge in [-0.1, -0.05) is 48.0 Å². The standard InChI is InChI=1S/C19H14N2O2S/c1-13-5-4-6-14(9-13)10-17-18(22)21(19(23)24-17)12-16-8-3-2-7-15(16)11-20/h2-10H,12H2,1H3/b17-10+. The molecule has 2 aromatic carbocycles. The van der Waals surface area contributed by atoms with E-state index in [1.165, 1.54) is 4.90 Å². The van der Waals surface area contributed by atoms with E-state index in [4.69, 9.17) is 5.26 Å². The number of imide groups is 1. The van der Waals surface area contributed by atoms with Gasteiger partial charge in [-0.15, -0.1) is 0 Å². The van der Waals surface area contributed by atoms with Crippen LogP contribution in [0.15, 0.2) is 53.4 Å². The quantitative estimate of drug-likeness (QED) is 0.793. The second-order valence-electron chi connectivity index (χ2n) is 5.45. The molecule has 0 spiro atoms. The number of carbonyl (C=O) groups excluding carboxylic acids is 2. The first kappa shape index (κ1) is 16.0. The van der Waals surface area contributed by atoms with Crippen LogP contribution in [0.1, 0.15) is 22.3 Å². The second-order valence-corrected chi connectivity index (χ2v) is 6.44. The molecule has 0 N–H and O–H groups in total. The fourth-order valence-corrected chi connectivity index (χ4v) is 3.32. The number of carbonyl (C=O) groups is 2. The van der Waals surface area contributed by atoms with Crippen molar-refractivity contribution in [3.05, 3.63) is 75.7 Å². The number of hydrogen-bond donors (Lipinski definition) is 0. The number of thioether (sulfide) groups is 1. The Hall–Kier alpha value is -2.84. The first-order valence-corrected chi connectivity index (χ1v) is 8.20. The third kappa shape index (κ3) is 3.24. The van der Waals surface area contributed by atoms with Crippen molar-refractivity contribution in [1.29, 1.82) is 5.26 Å². The molecule has 0 saturated carbocycles. The minimum absolute atomic E-state index is 0.111. The summed E-state index contributed by atoms with van der Waals surface area (Å²) in [4.78, 5) is 26.3. The molecule has 1 aliphatic heterocycles. The molecule has 0 aliphatic carbocycles. The van der Waals surface area contributed by atoms with Crippen molar-refractivity contribution < 1.29 is 9.59 Å². The maximum Gasteiger partial charge on any atom is 0.293 e. The van der Waals surface area contributed by atoms with Crippen LogP contribution < -0.4 is 0 Å². The molecule has 1 aliphatic rings. The maximum absolute atomic E-state index is 12.5. The summed E-state index contributed by atoms with van der Waals surface area (Å²) >= 11 is 0.931. The second kappa shape index (κ2) is 6.73. The lowest BCUT2D eigenvalue weighted by molar-refractivity contribution is -0.123. The first-order valence-electron chi connectivity index (χ1n) is 7.38. The predicted octanol–water partition coefficient (Wildman–Crippen LogP) is 4.10. The highest BCUT2D eigenvalue weighted by atomic mass is 32.2. The molecule has 0 atom stereocenters. The molecule has 0 radical (unpaired) electrons.